The number of nitrogens with one attached hydrogen (secondary N) is 2. The number of aromatic amines is 1. The van der Waals surface area contributed by atoms with Crippen molar-refractivity contribution in [2.45, 2.75) is 40.7 Å². The van der Waals surface area contributed by atoms with Crippen LogP contribution >= 0.6 is 11.8 Å². The van der Waals surface area contributed by atoms with Crippen LogP contribution in [0.2, 0.25) is 0 Å². The van der Waals surface area contributed by atoms with Crippen LogP contribution in [0.4, 0.5) is 5.69 Å². The summed E-state index contributed by atoms with van der Waals surface area (Å²) in [6.45, 7) is 0. The predicted molar refractivity (Wildman–Crippen MR) is 84.0 cm³/mol. The van der Waals surface area contributed by atoms with Crippen molar-refractivity contribution in [2.75, 3.05) is 4.72 Å². The molecule has 112 valence electrons. The Kier molecular flexibility index (Phi) is 4.21. The van der Waals surface area contributed by atoms with Crippen molar-refractivity contribution in [1.82, 2.24) is 10.2 Å². The van der Waals surface area contributed by atoms with Gasteiger partial charge in [0.15, 0.2) is 0 Å². The summed E-state index contributed by atoms with van der Waals surface area (Å²) >= 11 is 1.77. The van der Waals surface area contributed by atoms with Gasteiger partial charge in [-0.15, -0.1) is 11.8 Å². The van der Waals surface area contributed by atoms with E-state index in [1.165, 1.54) is 38.1 Å². The molecule has 1 heterocycles. The van der Waals surface area contributed by atoms with Crippen LogP contribution < -0.4 is 4.72 Å². The smallest absolute Gasteiger partial charge is 0.265 e. The molecular formula is C14H17N3O2S2. The molecule has 1 aliphatic carbocycles. The molecule has 5 nitrogen and oxygen atoms in total. The minimum atomic E-state index is -3.58. The lowest BCUT2D eigenvalue weighted by atomic mass is 10.3. The molecule has 0 spiro atoms. The van der Waals surface area contributed by atoms with Crippen LogP contribution in [0.1, 0.15) is 25.7 Å². The minimum Gasteiger partial charge on any atom is -0.284 e. The second-order valence-electron chi connectivity index (χ2n) is 5.06. The van der Waals surface area contributed by atoms with Crippen molar-refractivity contribution < 1.29 is 8.42 Å². The first kappa shape index (κ1) is 14.5. The van der Waals surface area contributed by atoms with E-state index >= 15 is 0 Å². The van der Waals surface area contributed by atoms with E-state index in [1.807, 2.05) is 18.2 Å². The van der Waals surface area contributed by atoms with Gasteiger partial charge in [0.1, 0.15) is 4.90 Å². The topological polar surface area (TPSA) is 74.8 Å². The molecule has 1 fully saturated rings. The molecule has 0 atom stereocenters. The Bertz CT molecular complexity index is 693. The second-order valence-corrected chi connectivity index (χ2v) is 8.08. The fourth-order valence-corrected chi connectivity index (χ4v) is 4.81. The number of thioether (sulfide) groups is 1. The number of benzene rings is 1. The van der Waals surface area contributed by atoms with Gasteiger partial charge >= 0.3 is 0 Å². The van der Waals surface area contributed by atoms with Crippen LogP contribution in [0.5, 0.6) is 0 Å². The van der Waals surface area contributed by atoms with E-state index in [0.717, 1.165) is 4.90 Å². The number of H-pyrrole nitrogens is 1. The third-order valence-corrected chi connectivity index (χ3v) is 6.26. The van der Waals surface area contributed by atoms with Gasteiger partial charge in [-0.2, -0.15) is 5.10 Å². The Morgan fingerprint density at radius 3 is 2.71 bits per heavy atom. The molecule has 21 heavy (non-hydrogen) atoms. The maximum absolute atomic E-state index is 12.3. The van der Waals surface area contributed by atoms with Crippen LogP contribution in [0.25, 0.3) is 0 Å². The lowest BCUT2D eigenvalue weighted by Gasteiger charge is -2.14. The van der Waals surface area contributed by atoms with Gasteiger partial charge < -0.3 is 0 Å². The summed E-state index contributed by atoms with van der Waals surface area (Å²) in [5.41, 5.74) is 0.635. The largest absolute Gasteiger partial charge is 0.284 e. The number of anilines is 1. The summed E-state index contributed by atoms with van der Waals surface area (Å²) in [4.78, 5) is 1.12. The third kappa shape index (κ3) is 3.41. The first-order valence-corrected chi connectivity index (χ1v) is 9.29. The lowest BCUT2D eigenvalue weighted by Crippen LogP contribution is -2.13. The molecule has 0 aliphatic heterocycles. The van der Waals surface area contributed by atoms with Gasteiger partial charge in [-0.3, -0.25) is 9.82 Å². The average Bonchev–Trinajstić information content (AvgIpc) is 3.13. The number of aromatic nitrogens is 2. The fraction of sp³-hybridized carbons (Fsp3) is 0.357. The maximum Gasteiger partial charge on any atom is 0.265 e. The number of hydrogen-bond donors (Lipinski definition) is 2. The van der Waals surface area contributed by atoms with Gasteiger partial charge in [-0.05, 0) is 25.0 Å². The number of nitrogens with zero attached hydrogens (tertiary/aromatic N) is 1. The third-order valence-electron chi connectivity index (χ3n) is 3.51. The quantitative estimate of drug-likeness (QED) is 0.886. The first-order chi connectivity index (χ1) is 10.1. The van der Waals surface area contributed by atoms with E-state index in [4.69, 9.17) is 0 Å². The van der Waals surface area contributed by atoms with Crippen LogP contribution in [0.15, 0.2) is 46.5 Å². The molecule has 1 aliphatic rings. The highest BCUT2D eigenvalue weighted by Gasteiger charge is 2.20. The van der Waals surface area contributed by atoms with Crippen LogP contribution in [-0.4, -0.2) is 23.9 Å². The van der Waals surface area contributed by atoms with Crippen LogP contribution in [0.3, 0.4) is 0 Å². The zero-order chi connectivity index (χ0) is 14.7. The zero-order valence-corrected chi connectivity index (χ0v) is 13.1. The molecule has 2 aromatic rings. The molecule has 1 aromatic carbocycles. The summed E-state index contributed by atoms with van der Waals surface area (Å²) in [5, 5.41) is 6.79. The highest BCUT2D eigenvalue weighted by molar-refractivity contribution is 8.00. The number of sulfonamides is 1. The molecule has 3 rings (SSSR count). The van der Waals surface area contributed by atoms with E-state index in [-0.39, 0.29) is 4.90 Å². The second kappa shape index (κ2) is 6.11. The molecule has 0 saturated heterocycles. The molecule has 1 aromatic heterocycles. The molecule has 0 amide bonds. The minimum absolute atomic E-state index is 0.142. The molecule has 0 radical (unpaired) electrons. The van der Waals surface area contributed by atoms with Gasteiger partial charge in [-0.1, -0.05) is 25.0 Å². The standard InChI is InChI=1S/C14H17N3O2S2/c18-21(19,12-9-15-16-10-12)17-13-7-3-4-8-14(13)20-11-5-1-2-6-11/h3-4,7-11,17H,1-2,5-6H2,(H,15,16). The van der Waals surface area contributed by atoms with Crippen molar-refractivity contribution >= 4 is 27.5 Å². The van der Waals surface area contributed by atoms with Gasteiger partial charge in [0, 0.05) is 16.3 Å². The van der Waals surface area contributed by atoms with Crippen molar-refractivity contribution in [3.05, 3.63) is 36.7 Å². The average molecular weight is 323 g/mol. The Hall–Kier alpha value is -1.47. The zero-order valence-electron chi connectivity index (χ0n) is 11.5. The number of hydrogen-bond acceptors (Lipinski definition) is 4. The monoisotopic (exact) mass is 323 g/mol. The molecule has 2 N–H and O–H groups in total. The first-order valence-electron chi connectivity index (χ1n) is 6.92. The van der Waals surface area contributed by atoms with Crippen molar-refractivity contribution in [2.24, 2.45) is 0 Å². The number of para-hydroxylation sites is 1. The van der Waals surface area contributed by atoms with E-state index in [1.54, 1.807) is 17.8 Å². The Morgan fingerprint density at radius 1 is 1.24 bits per heavy atom. The summed E-state index contributed by atoms with van der Waals surface area (Å²) in [5.74, 6) is 0. The molecular weight excluding hydrogens is 306 g/mol. The maximum atomic E-state index is 12.3. The summed E-state index contributed by atoms with van der Waals surface area (Å²) in [7, 11) is -3.58. The Morgan fingerprint density at radius 2 is 2.00 bits per heavy atom. The SMILES string of the molecule is O=S(=O)(Nc1ccccc1SC1CCCC1)c1cn[nH]c1. The Balaban J connectivity index is 1.82. The lowest BCUT2D eigenvalue weighted by molar-refractivity contribution is 0.601. The summed E-state index contributed by atoms with van der Waals surface area (Å²) in [6.07, 6.45) is 7.60. The van der Waals surface area contributed by atoms with E-state index in [0.29, 0.717) is 10.9 Å². The normalized spacial score (nSPS) is 16.2. The molecule has 0 bridgehead atoms. The van der Waals surface area contributed by atoms with Crippen LogP contribution in [0, 0.1) is 0 Å². The van der Waals surface area contributed by atoms with Crippen molar-refractivity contribution in [3.8, 4) is 0 Å². The van der Waals surface area contributed by atoms with E-state index < -0.39 is 10.0 Å². The highest BCUT2D eigenvalue weighted by atomic mass is 32.2. The van der Waals surface area contributed by atoms with E-state index in [9.17, 15) is 8.42 Å². The van der Waals surface area contributed by atoms with Crippen molar-refractivity contribution in [3.63, 3.8) is 0 Å². The molecule has 1 saturated carbocycles. The van der Waals surface area contributed by atoms with E-state index in [2.05, 4.69) is 14.9 Å². The molecule has 7 heteroatoms. The van der Waals surface area contributed by atoms with Gasteiger partial charge in [0.2, 0.25) is 0 Å². The summed E-state index contributed by atoms with van der Waals surface area (Å²) in [6, 6.07) is 7.55. The Labute approximate surface area is 128 Å². The molecule has 0 unspecified atom stereocenters. The van der Waals surface area contributed by atoms with Gasteiger partial charge in [-0.25, -0.2) is 8.42 Å². The number of rotatable bonds is 5. The van der Waals surface area contributed by atoms with Gasteiger partial charge in [0.25, 0.3) is 10.0 Å². The fourth-order valence-electron chi connectivity index (χ4n) is 2.43. The summed E-state index contributed by atoms with van der Waals surface area (Å²) < 4.78 is 27.2. The highest BCUT2D eigenvalue weighted by Crippen LogP contribution is 2.38. The predicted octanol–water partition coefficient (Wildman–Crippen LogP) is 3.25. The van der Waals surface area contributed by atoms with Crippen LogP contribution in [-0.2, 0) is 10.0 Å². The van der Waals surface area contributed by atoms with Crippen molar-refractivity contribution in [1.29, 1.82) is 0 Å². The van der Waals surface area contributed by atoms with Gasteiger partial charge in [0.05, 0.1) is 11.9 Å².